The zero-order chi connectivity index (χ0) is 26.1. The van der Waals surface area contributed by atoms with Gasteiger partial charge in [-0.3, -0.25) is 14.8 Å². The number of amidine groups is 1. The molecule has 5 rings (SSSR count). The Morgan fingerprint density at radius 2 is 2.08 bits per heavy atom. The predicted octanol–water partition coefficient (Wildman–Crippen LogP) is 1.51. The summed E-state index contributed by atoms with van der Waals surface area (Å²) in [6.07, 6.45) is 2.93. The van der Waals surface area contributed by atoms with Crippen molar-refractivity contribution in [1.82, 2.24) is 30.7 Å². The van der Waals surface area contributed by atoms with Gasteiger partial charge in [0, 0.05) is 18.5 Å². The highest BCUT2D eigenvalue weighted by molar-refractivity contribution is 6.01. The number of nitrogens with zero attached hydrogens (tertiary/aromatic N) is 5. The van der Waals surface area contributed by atoms with Crippen LogP contribution in [0.4, 0.5) is 10.3 Å². The molecule has 2 aliphatic rings. The number of fused-ring (bicyclic) bond motifs is 1. The maximum absolute atomic E-state index is 14.4. The van der Waals surface area contributed by atoms with Gasteiger partial charge in [-0.15, -0.1) is 0 Å². The minimum Gasteiger partial charge on any atom is -0.480 e. The number of rotatable bonds is 6. The van der Waals surface area contributed by atoms with Gasteiger partial charge < -0.3 is 20.9 Å². The molecule has 4 atom stereocenters. The molecule has 0 aliphatic carbocycles. The molecule has 0 saturated carbocycles. The lowest BCUT2D eigenvalue weighted by atomic mass is 9.91. The van der Waals surface area contributed by atoms with Gasteiger partial charge in [-0.2, -0.15) is 0 Å². The molecule has 1 fully saturated rings. The van der Waals surface area contributed by atoms with E-state index in [0.29, 0.717) is 52.9 Å². The topological polar surface area (TPSA) is 153 Å². The van der Waals surface area contributed by atoms with Gasteiger partial charge in [-0.05, 0) is 30.5 Å². The smallest absolute Gasteiger partial charge is 0.232 e. The molecule has 37 heavy (non-hydrogen) atoms. The monoisotopic (exact) mass is 508 g/mol. The van der Waals surface area contributed by atoms with Crippen LogP contribution in [0.25, 0.3) is 11.3 Å². The van der Waals surface area contributed by atoms with E-state index in [9.17, 15) is 9.50 Å². The van der Waals surface area contributed by atoms with E-state index in [0.717, 1.165) is 5.56 Å². The first-order valence-corrected chi connectivity index (χ1v) is 12.0. The Morgan fingerprint density at radius 1 is 1.24 bits per heavy atom. The Morgan fingerprint density at radius 3 is 2.84 bits per heavy atom. The molecule has 3 unspecified atom stereocenters. The second kappa shape index (κ2) is 10.3. The number of hydroxylamine groups is 1. The van der Waals surface area contributed by atoms with Gasteiger partial charge in [-0.25, -0.2) is 24.8 Å². The Kier molecular flexibility index (Phi) is 6.96. The van der Waals surface area contributed by atoms with Crippen LogP contribution in [0.1, 0.15) is 35.5 Å². The number of aliphatic imine (C=N–C) groups is 1. The number of nitrogens with one attached hydrogen (secondary N) is 2. The number of anilines is 1. The summed E-state index contributed by atoms with van der Waals surface area (Å²) in [5, 5.41) is 13.6. The minimum absolute atomic E-state index is 0.140. The summed E-state index contributed by atoms with van der Waals surface area (Å²) >= 11 is 0. The van der Waals surface area contributed by atoms with Crippen LogP contribution in [0, 0.1) is 18.7 Å². The van der Waals surface area contributed by atoms with E-state index in [1.54, 1.807) is 12.3 Å². The first-order chi connectivity index (χ1) is 17.8. The molecule has 1 saturated heterocycles. The molecular formula is C25H29FN8O3. The number of ether oxygens (including phenoxy) is 1. The van der Waals surface area contributed by atoms with Crippen molar-refractivity contribution >= 4 is 11.8 Å². The third-order valence-electron chi connectivity index (χ3n) is 6.69. The molecular weight excluding hydrogens is 479 g/mol. The summed E-state index contributed by atoms with van der Waals surface area (Å²) in [7, 11) is 1.49. The van der Waals surface area contributed by atoms with Crippen molar-refractivity contribution in [3.8, 4) is 17.1 Å². The van der Waals surface area contributed by atoms with E-state index in [2.05, 4.69) is 30.7 Å². The number of aromatic nitrogens is 4. The number of nitrogens with two attached hydrogens (primary N) is 1. The van der Waals surface area contributed by atoms with Gasteiger partial charge in [0.05, 0.1) is 66.9 Å². The maximum atomic E-state index is 14.4. The third kappa shape index (κ3) is 5.08. The SMILES string of the molecule is COc1cncc(-c2cc(F)ccc2[C@H]2Cc3nc(N)nc(C)c3C(NOCC3NCC(C)C3O)=N2)n1. The summed E-state index contributed by atoms with van der Waals surface area (Å²) in [5.74, 6) is 0.623. The van der Waals surface area contributed by atoms with Crippen molar-refractivity contribution in [2.24, 2.45) is 10.9 Å². The highest BCUT2D eigenvalue weighted by Crippen LogP contribution is 2.36. The number of aliphatic hydroxyl groups is 1. The lowest BCUT2D eigenvalue weighted by molar-refractivity contribution is 0.0295. The zero-order valence-corrected chi connectivity index (χ0v) is 20.8. The molecule has 194 valence electrons. The van der Waals surface area contributed by atoms with E-state index >= 15 is 0 Å². The summed E-state index contributed by atoms with van der Waals surface area (Å²) in [6.45, 7) is 4.75. The second-order valence-corrected chi connectivity index (χ2v) is 9.26. The first-order valence-electron chi connectivity index (χ1n) is 12.0. The van der Waals surface area contributed by atoms with E-state index in [1.165, 1.54) is 25.4 Å². The Labute approximate surface area is 213 Å². The van der Waals surface area contributed by atoms with Crippen LogP contribution >= 0.6 is 0 Å². The standard InChI is InChI=1S/C25H29FN8O3/c1-12-8-29-20(23(12)35)11-37-34-24-22-13(2)30-25(27)33-18(22)7-17(32-24)15-5-4-14(26)6-16(15)19-9-28-10-21(31-19)36-3/h4-6,9-10,12,17,20,23,29,35H,7-8,11H2,1-3H3,(H,32,34)(H2,27,30,33)/t12?,17-,20?,23?/m1/s1. The number of benzene rings is 1. The molecule has 0 spiro atoms. The van der Waals surface area contributed by atoms with Crippen LogP contribution < -0.4 is 21.3 Å². The molecule has 12 heteroatoms. The normalized spacial score (nSPS) is 22.9. The maximum Gasteiger partial charge on any atom is 0.232 e. The predicted molar refractivity (Wildman–Crippen MR) is 134 cm³/mol. The molecule has 2 aliphatic heterocycles. The molecule has 0 amide bonds. The van der Waals surface area contributed by atoms with Crippen molar-refractivity contribution in [1.29, 1.82) is 0 Å². The average molecular weight is 509 g/mol. The minimum atomic E-state index is -0.509. The summed E-state index contributed by atoms with van der Waals surface area (Å²) in [4.78, 5) is 28.1. The lowest BCUT2D eigenvalue weighted by Gasteiger charge is -2.26. The van der Waals surface area contributed by atoms with Gasteiger partial charge >= 0.3 is 0 Å². The zero-order valence-electron chi connectivity index (χ0n) is 20.8. The van der Waals surface area contributed by atoms with Crippen LogP contribution in [0.5, 0.6) is 5.88 Å². The van der Waals surface area contributed by atoms with Gasteiger partial charge in [0.1, 0.15) is 5.82 Å². The largest absolute Gasteiger partial charge is 0.480 e. The molecule has 0 radical (unpaired) electrons. The Bertz CT molecular complexity index is 1340. The first kappa shape index (κ1) is 24.9. The molecule has 4 heterocycles. The van der Waals surface area contributed by atoms with Crippen molar-refractivity contribution < 1.29 is 19.1 Å². The number of aliphatic hydroxyl groups excluding tert-OH is 1. The highest BCUT2D eigenvalue weighted by atomic mass is 19.1. The van der Waals surface area contributed by atoms with Crippen molar-refractivity contribution in [3.63, 3.8) is 0 Å². The van der Waals surface area contributed by atoms with Crippen molar-refractivity contribution in [3.05, 3.63) is 58.9 Å². The van der Waals surface area contributed by atoms with Crippen LogP contribution in [0.15, 0.2) is 35.6 Å². The number of nitrogen functional groups attached to an aromatic ring is 1. The average Bonchev–Trinajstić information content (AvgIpc) is 3.20. The fourth-order valence-corrected chi connectivity index (χ4v) is 4.77. The van der Waals surface area contributed by atoms with Crippen LogP contribution in [0.2, 0.25) is 0 Å². The summed E-state index contributed by atoms with van der Waals surface area (Å²) in [6, 6.07) is 3.81. The van der Waals surface area contributed by atoms with Gasteiger partial charge in [0.15, 0.2) is 5.84 Å². The van der Waals surface area contributed by atoms with E-state index in [-0.39, 0.29) is 24.5 Å². The lowest BCUT2D eigenvalue weighted by Crippen LogP contribution is -2.40. The molecule has 2 aromatic heterocycles. The van der Waals surface area contributed by atoms with E-state index in [1.807, 2.05) is 13.8 Å². The Hall–Kier alpha value is -3.74. The van der Waals surface area contributed by atoms with Gasteiger partial charge in [-0.1, -0.05) is 13.0 Å². The van der Waals surface area contributed by atoms with Crippen molar-refractivity contribution in [2.75, 3.05) is 26.0 Å². The van der Waals surface area contributed by atoms with Crippen LogP contribution in [-0.4, -0.2) is 63.3 Å². The Balaban J connectivity index is 1.50. The molecule has 3 aromatic rings. The molecule has 11 nitrogen and oxygen atoms in total. The quantitative estimate of drug-likeness (QED) is 0.360. The van der Waals surface area contributed by atoms with Crippen LogP contribution in [0.3, 0.4) is 0 Å². The highest BCUT2D eigenvalue weighted by Gasteiger charge is 2.32. The van der Waals surface area contributed by atoms with E-state index in [4.69, 9.17) is 20.3 Å². The van der Waals surface area contributed by atoms with E-state index < -0.39 is 18.0 Å². The number of hydrogen-bond donors (Lipinski definition) is 4. The third-order valence-corrected chi connectivity index (χ3v) is 6.69. The fraction of sp³-hybridized carbons (Fsp3) is 0.400. The second-order valence-electron chi connectivity index (χ2n) is 9.26. The summed E-state index contributed by atoms with van der Waals surface area (Å²) < 4.78 is 19.6. The number of hydrogen-bond acceptors (Lipinski definition) is 11. The molecule has 0 bridgehead atoms. The fourth-order valence-electron chi connectivity index (χ4n) is 4.77. The number of methoxy groups -OCH3 is 1. The molecule has 1 aromatic carbocycles. The number of aryl methyl sites for hydroxylation is 1. The van der Waals surface area contributed by atoms with Crippen molar-refractivity contribution in [2.45, 2.75) is 38.5 Å². The number of halogens is 1. The van der Waals surface area contributed by atoms with Crippen LogP contribution in [-0.2, 0) is 11.3 Å². The van der Waals surface area contributed by atoms with Gasteiger partial charge in [0.25, 0.3) is 0 Å². The summed E-state index contributed by atoms with van der Waals surface area (Å²) in [5.41, 5.74) is 12.7. The molecule has 5 N–H and O–H groups in total. The van der Waals surface area contributed by atoms with Gasteiger partial charge in [0.2, 0.25) is 11.8 Å².